The van der Waals surface area contributed by atoms with E-state index in [1.165, 1.54) is 13.3 Å². The van der Waals surface area contributed by atoms with E-state index in [2.05, 4.69) is 33.0 Å². The van der Waals surface area contributed by atoms with Gasteiger partial charge < -0.3 is 14.6 Å². The van der Waals surface area contributed by atoms with Crippen LogP contribution in [0.3, 0.4) is 0 Å². The highest BCUT2D eigenvalue weighted by Crippen LogP contribution is 2.34. The Morgan fingerprint density at radius 3 is 2.72 bits per heavy atom. The fourth-order valence-corrected chi connectivity index (χ4v) is 2.37. The van der Waals surface area contributed by atoms with Crippen molar-refractivity contribution in [2.24, 2.45) is 5.10 Å². The number of benzene rings is 2. The zero-order chi connectivity index (χ0) is 18.2. The molecular formula is C18H17BrN2O4. The van der Waals surface area contributed by atoms with Gasteiger partial charge in [0.1, 0.15) is 12.4 Å². The molecule has 2 aromatic rings. The molecule has 0 radical (unpaired) electrons. The lowest BCUT2D eigenvalue weighted by molar-refractivity contribution is 0.0955. The summed E-state index contributed by atoms with van der Waals surface area (Å²) in [7, 11) is 1.45. The normalized spacial score (nSPS) is 10.5. The minimum absolute atomic E-state index is 0.00227. The molecule has 0 aliphatic heterocycles. The first-order chi connectivity index (χ1) is 12.0. The number of phenols is 1. The number of carbonyl (C=O) groups is 1. The first-order valence-corrected chi connectivity index (χ1v) is 8.08. The van der Waals surface area contributed by atoms with Crippen LogP contribution in [0.2, 0.25) is 0 Å². The van der Waals surface area contributed by atoms with E-state index < -0.39 is 0 Å². The first-order valence-electron chi connectivity index (χ1n) is 7.28. The molecule has 6 nitrogen and oxygen atoms in total. The van der Waals surface area contributed by atoms with Crippen molar-refractivity contribution in [3.63, 3.8) is 0 Å². The Hall–Kier alpha value is -2.80. The number of ether oxygens (including phenoxy) is 2. The number of hydrogen-bond acceptors (Lipinski definition) is 5. The summed E-state index contributed by atoms with van der Waals surface area (Å²) in [5, 5.41) is 13.7. The van der Waals surface area contributed by atoms with E-state index in [9.17, 15) is 9.90 Å². The molecule has 0 heterocycles. The van der Waals surface area contributed by atoms with Gasteiger partial charge in [0.2, 0.25) is 0 Å². The van der Waals surface area contributed by atoms with Crippen molar-refractivity contribution in [1.29, 1.82) is 0 Å². The van der Waals surface area contributed by atoms with E-state index in [0.717, 1.165) is 0 Å². The van der Waals surface area contributed by atoms with Gasteiger partial charge in [-0.15, -0.1) is 0 Å². The highest BCUT2D eigenvalue weighted by atomic mass is 79.9. The van der Waals surface area contributed by atoms with Crippen LogP contribution in [-0.4, -0.2) is 30.9 Å². The molecule has 0 atom stereocenters. The molecule has 0 unspecified atom stereocenters. The number of halogens is 1. The molecule has 0 aromatic heterocycles. The molecular weight excluding hydrogens is 388 g/mol. The number of nitrogens with zero attached hydrogens (tertiary/aromatic N) is 1. The van der Waals surface area contributed by atoms with Gasteiger partial charge in [0.25, 0.3) is 5.91 Å². The van der Waals surface area contributed by atoms with E-state index in [4.69, 9.17) is 9.47 Å². The molecule has 0 aliphatic carbocycles. The second kappa shape index (κ2) is 8.89. The van der Waals surface area contributed by atoms with Crippen LogP contribution in [0.15, 0.2) is 58.6 Å². The maximum atomic E-state index is 12.0. The lowest BCUT2D eigenvalue weighted by Gasteiger charge is -2.06. The molecule has 130 valence electrons. The summed E-state index contributed by atoms with van der Waals surface area (Å²) in [6.07, 6.45) is 3.10. The number of hydrazone groups is 1. The second-order valence-corrected chi connectivity index (χ2v) is 5.73. The minimum atomic E-state index is -0.351. The molecule has 0 saturated carbocycles. The predicted molar refractivity (Wildman–Crippen MR) is 99.6 cm³/mol. The van der Waals surface area contributed by atoms with Crippen LogP contribution in [0.1, 0.15) is 15.9 Å². The van der Waals surface area contributed by atoms with Gasteiger partial charge >= 0.3 is 0 Å². The van der Waals surface area contributed by atoms with Gasteiger partial charge in [-0.05, 0) is 57.9 Å². The number of phenolic OH excluding ortho intramolecular Hbond substituents is 1. The standard InChI is InChI=1S/C18H17BrN2O4/c1-3-8-25-14-6-4-13(5-7-14)18(23)21-20-11-12-9-15(19)17(22)16(10-12)24-2/h3-7,9-11,22H,1,8H2,2H3,(H,21,23)/b20-11+. The summed E-state index contributed by atoms with van der Waals surface area (Å²) in [5.74, 6) is 0.608. The average molecular weight is 405 g/mol. The Labute approximate surface area is 153 Å². The van der Waals surface area contributed by atoms with E-state index in [1.54, 1.807) is 42.5 Å². The van der Waals surface area contributed by atoms with Crippen molar-refractivity contribution in [3.8, 4) is 17.2 Å². The lowest BCUT2D eigenvalue weighted by Crippen LogP contribution is -2.17. The van der Waals surface area contributed by atoms with E-state index in [1.807, 2.05) is 0 Å². The molecule has 0 aliphatic rings. The van der Waals surface area contributed by atoms with Crippen LogP contribution in [-0.2, 0) is 0 Å². The molecule has 2 aromatic carbocycles. The third-order valence-electron chi connectivity index (χ3n) is 3.13. The fraction of sp³-hybridized carbons (Fsp3) is 0.111. The Balaban J connectivity index is 2.00. The molecule has 0 bridgehead atoms. The molecule has 2 N–H and O–H groups in total. The maximum Gasteiger partial charge on any atom is 0.271 e. The number of carbonyl (C=O) groups excluding carboxylic acids is 1. The first kappa shape index (κ1) is 18.5. The van der Waals surface area contributed by atoms with Gasteiger partial charge in [0.15, 0.2) is 11.5 Å². The van der Waals surface area contributed by atoms with E-state index in [0.29, 0.717) is 33.7 Å². The Bertz CT molecular complexity index is 788. The van der Waals surface area contributed by atoms with Gasteiger partial charge in [0.05, 0.1) is 17.8 Å². The summed E-state index contributed by atoms with van der Waals surface area (Å²) in [4.78, 5) is 12.0. The van der Waals surface area contributed by atoms with Gasteiger partial charge in [-0.3, -0.25) is 4.79 Å². The average Bonchev–Trinajstić information content (AvgIpc) is 2.63. The molecule has 0 fully saturated rings. The Kier molecular flexibility index (Phi) is 6.59. The number of nitrogens with one attached hydrogen (secondary N) is 1. The van der Waals surface area contributed by atoms with Crippen LogP contribution in [0.5, 0.6) is 17.2 Å². The Morgan fingerprint density at radius 1 is 1.36 bits per heavy atom. The van der Waals surface area contributed by atoms with Crippen molar-refractivity contribution >= 4 is 28.1 Å². The van der Waals surface area contributed by atoms with Crippen LogP contribution >= 0.6 is 15.9 Å². The smallest absolute Gasteiger partial charge is 0.271 e. The molecule has 0 saturated heterocycles. The molecule has 7 heteroatoms. The largest absolute Gasteiger partial charge is 0.503 e. The molecule has 2 rings (SSSR count). The van der Waals surface area contributed by atoms with Crippen molar-refractivity contribution in [2.45, 2.75) is 0 Å². The lowest BCUT2D eigenvalue weighted by atomic mass is 10.2. The van der Waals surface area contributed by atoms with Crippen LogP contribution in [0.4, 0.5) is 0 Å². The fourth-order valence-electron chi connectivity index (χ4n) is 1.91. The van der Waals surface area contributed by atoms with Crippen LogP contribution in [0.25, 0.3) is 0 Å². The number of rotatable bonds is 7. The summed E-state index contributed by atoms with van der Waals surface area (Å²) >= 11 is 3.22. The summed E-state index contributed by atoms with van der Waals surface area (Å²) in [5.41, 5.74) is 3.54. The zero-order valence-electron chi connectivity index (χ0n) is 13.5. The maximum absolute atomic E-state index is 12.0. The van der Waals surface area contributed by atoms with Gasteiger partial charge in [-0.25, -0.2) is 5.43 Å². The zero-order valence-corrected chi connectivity index (χ0v) is 15.1. The number of amides is 1. The molecule has 25 heavy (non-hydrogen) atoms. The van der Waals surface area contributed by atoms with E-state index in [-0.39, 0.29) is 11.7 Å². The predicted octanol–water partition coefficient (Wildman–Crippen LogP) is 3.49. The number of methoxy groups -OCH3 is 1. The van der Waals surface area contributed by atoms with Crippen LogP contribution < -0.4 is 14.9 Å². The monoisotopic (exact) mass is 404 g/mol. The van der Waals surface area contributed by atoms with Crippen LogP contribution in [0, 0.1) is 0 Å². The minimum Gasteiger partial charge on any atom is -0.503 e. The highest BCUT2D eigenvalue weighted by Gasteiger charge is 2.08. The SMILES string of the molecule is C=CCOc1ccc(C(=O)N/N=C/c2cc(Br)c(O)c(OC)c2)cc1. The number of hydrogen-bond donors (Lipinski definition) is 2. The van der Waals surface area contributed by atoms with Gasteiger partial charge in [0, 0.05) is 5.56 Å². The van der Waals surface area contributed by atoms with Crippen molar-refractivity contribution in [1.82, 2.24) is 5.43 Å². The second-order valence-electron chi connectivity index (χ2n) is 4.88. The van der Waals surface area contributed by atoms with E-state index >= 15 is 0 Å². The third-order valence-corrected chi connectivity index (χ3v) is 3.74. The highest BCUT2D eigenvalue weighted by molar-refractivity contribution is 9.10. The van der Waals surface area contributed by atoms with Crippen molar-refractivity contribution in [3.05, 3.63) is 64.7 Å². The van der Waals surface area contributed by atoms with Crippen molar-refractivity contribution in [2.75, 3.05) is 13.7 Å². The topological polar surface area (TPSA) is 80.2 Å². The summed E-state index contributed by atoms with van der Waals surface area (Å²) in [6.45, 7) is 3.98. The number of aromatic hydroxyl groups is 1. The Morgan fingerprint density at radius 2 is 2.08 bits per heavy atom. The van der Waals surface area contributed by atoms with Gasteiger partial charge in [-0.2, -0.15) is 5.10 Å². The molecule has 0 spiro atoms. The molecule has 1 amide bonds. The van der Waals surface area contributed by atoms with Crippen molar-refractivity contribution < 1.29 is 19.4 Å². The summed E-state index contributed by atoms with van der Waals surface area (Å²) in [6, 6.07) is 9.93. The van der Waals surface area contributed by atoms with Gasteiger partial charge in [-0.1, -0.05) is 12.7 Å². The quantitative estimate of drug-likeness (QED) is 0.420. The third kappa shape index (κ3) is 5.09. The summed E-state index contributed by atoms with van der Waals surface area (Å²) < 4.78 is 10.9.